The lowest BCUT2D eigenvalue weighted by atomic mass is 10.7. The number of rotatable bonds is 6. The third-order valence-corrected chi connectivity index (χ3v) is 6.97. The van der Waals surface area contributed by atoms with Crippen molar-refractivity contribution in [3.05, 3.63) is 0 Å². The van der Waals surface area contributed by atoms with Crippen LogP contribution in [0, 0.1) is 0 Å². The number of hydrogen-bond acceptors (Lipinski definition) is 2. The highest BCUT2D eigenvalue weighted by molar-refractivity contribution is 7.94. The summed E-state index contributed by atoms with van der Waals surface area (Å²) in [6.45, 7) is 13.5. The van der Waals surface area contributed by atoms with Gasteiger partial charge >= 0.3 is 0 Å². The molecule has 0 bridgehead atoms. The van der Waals surface area contributed by atoms with Crippen LogP contribution in [0.25, 0.3) is 0 Å². The lowest BCUT2D eigenvalue weighted by molar-refractivity contribution is 0.421. The molecule has 2 nitrogen and oxygen atoms in total. The molecule has 0 fully saturated rings. The number of hydrogen-bond donors (Lipinski definition) is 0. The largest absolute Gasteiger partial charge is 0.251 e. The van der Waals surface area contributed by atoms with Crippen molar-refractivity contribution in [2.24, 2.45) is 0 Å². The highest BCUT2D eigenvalue weighted by Crippen LogP contribution is 2.65. The molecular formula is C9H23ClN2P+. The topological polar surface area (TPSA) is 6.48 Å². The van der Waals surface area contributed by atoms with E-state index in [4.69, 9.17) is 11.2 Å². The van der Waals surface area contributed by atoms with Crippen molar-refractivity contribution >= 4 is 18.2 Å². The average Bonchev–Trinajstić information content (AvgIpc) is 2.07. The van der Waals surface area contributed by atoms with Gasteiger partial charge in [-0.05, 0) is 27.7 Å². The van der Waals surface area contributed by atoms with E-state index in [2.05, 4.69) is 43.7 Å². The second-order valence-electron chi connectivity index (χ2n) is 3.09. The first-order valence-electron chi connectivity index (χ1n) is 5.11. The molecule has 4 heteroatoms. The lowest BCUT2D eigenvalue weighted by Crippen LogP contribution is -2.32. The van der Waals surface area contributed by atoms with Gasteiger partial charge in [0.1, 0.15) is 11.2 Å². The Morgan fingerprint density at radius 2 is 1.08 bits per heavy atom. The van der Waals surface area contributed by atoms with Crippen molar-refractivity contribution in [3.63, 3.8) is 0 Å². The molecule has 0 aliphatic rings. The molecule has 13 heavy (non-hydrogen) atoms. The zero-order valence-corrected chi connectivity index (χ0v) is 11.2. The summed E-state index contributed by atoms with van der Waals surface area (Å²) < 4.78 is 4.75. The number of nitrogens with zero attached hydrogens (tertiary/aromatic N) is 2. The Bertz CT molecular complexity index is 120. The first-order chi connectivity index (χ1) is 6.04. The summed E-state index contributed by atoms with van der Waals surface area (Å²) in [5.74, 6) is 0. The zero-order valence-electron chi connectivity index (χ0n) is 9.55. The van der Waals surface area contributed by atoms with Gasteiger partial charge in [0.15, 0.2) is 0 Å². The normalized spacial score (nSPS) is 12.9. The molecule has 0 aliphatic heterocycles. The summed E-state index contributed by atoms with van der Waals surface area (Å²) in [6, 6.07) is 0. The van der Waals surface area contributed by atoms with Crippen LogP contribution >= 0.6 is 18.2 Å². The van der Waals surface area contributed by atoms with E-state index in [0.29, 0.717) is 0 Å². The fourth-order valence-corrected chi connectivity index (χ4v) is 5.36. The van der Waals surface area contributed by atoms with Gasteiger partial charge in [0.05, 0.1) is 6.66 Å². The lowest BCUT2D eigenvalue weighted by Gasteiger charge is -2.33. The molecule has 80 valence electrons. The van der Waals surface area contributed by atoms with Crippen molar-refractivity contribution in [3.8, 4) is 0 Å². The molecule has 0 unspecified atom stereocenters. The maximum atomic E-state index is 6.63. The van der Waals surface area contributed by atoms with Gasteiger partial charge in [-0.25, -0.2) is 0 Å². The molecular weight excluding hydrogens is 203 g/mol. The Morgan fingerprint density at radius 3 is 1.23 bits per heavy atom. The van der Waals surface area contributed by atoms with Gasteiger partial charge < -0.3 is 0 Å². The van der Waals surface area contributed by atoms with E-state index in [1.54, 1.807) is 0 Å². The summed E-state index contributed by atoms with van der Waals surface area (Å²) in [6.07, 6.45) is 0. The van der Waals surface area contributed by atoms with Crippen LogP contribution in [0.5, 0.6) is 0 Å². The Kier molecular flexibility index (Phi) is 6.49. The average molecular weight is 226 g/mol. The third kappa shape index (κ3) is 3.36. The molecule has 0 aliphatic carbocycles. The van der Waals surface area contributed by atoms with Crippen LogP contribution in [-0.4, -0.2) is 42.2 Å². The van der Waals surface area contributed by atoms with Crippen LogP contribution < -0.4 is 0 Å². The minimum Gasteiger partial charge on any atom is -0.149 e. The van der Waals surface area contributed by atoms with Crippen LogP contribution in [0.3, 0.4) is 0 Å². The highest BCUT2D eigenvalue weighted by atomic mass is 35.7. The van der Waals surface area contributed by atoms with E-state index in [1.165, 1.54) is 0 Å². The van der Waals surface area contributed by atoms with Gasteiger partial charge in [-0.3, -0.25) is 0 Å². The van der Waals surface area contributed by atoms with Crippen LogP contribution in [0.4, 0.5) is 0 Å². The molecule has 0 spiro atoms. The maximum absolute atomic E-state index is 6.63. The molecule has 0 aromatic rings. The summed E-state index contributed by atoms with van der Waals surface area (Å²) >= 11 is 6.63. The first kappa shape index (κ1) is 13.6. The molecule has 0 aromatic carbocycles. The molecule has 0 amide bonds. The standard InChI is InChI=1S/C9H23ClN2P/c1-6-11(7-2)13(5,10)12(8-3)9-4/h6-9H2,1-5H3/q+1. The zero-order chi connectivity index (χ0) is 10.5. The molecule has 0 saturated heterocycles. The van der Waals surface area contributed by atoms with Crippen molar-refractivity contribution in [2.45, 2.75) is 27.7 Å². The maximum Gasteiger partial charge on any atom is 0.251 e. The van der Waals surface area contributed by atoms with E-state index in [0.717, 1.165) is 26.2 Å². The van der Waals surface area contributed by atoms with Crippen molar-refractivity contribution in [1.29, 1.82) is 0 Å². The van der Waals surface area contributed by atoms with Crippen molar-refractivity contribution in [2.75, 3.05) is 32.8 Å². The van der Waals surface area contributed by atoms with Gasteiger partial charge in [-0.2, -0.15) is 0 Å². The van der Waals surface area contributed by atoms with E-state index in [-0.39, 0.29) is 0 Å². The minimum atomic E-state index is -1.52. The van der Waals surface area contributed by atoms with Gasteiger partial charge in [-0.15, -0.1) is 9.34 Å². The predicted molar refractivity (Wildman–Crippen MR) is 64.5 cm³/mol. The van der Waals surface area contributed by atoms with Gasteiger partial charge in [0.2, 0.25) is 0 Å². The predicted octanol–water partition coefficient (Wildman–Crippen LogP) is 3.30. The first-order valence-corrected chi connectivity index (χ1v) is 8.16. The van der Waals surface area contributed by atoms with E-state index in [9.17, 15) is 0 Å². The van der Waals surface area contributed by atoms with E-state index in [1.807, 2.05) is 0 Å². The quantitative estimate of drug-likeness (QED) is 0.640. The molecule has 0 rings (SSSR count). The Hall–Kier alpha value is 0.640. The Morgan fingerprint density at radius 1 is 0.846 bits per heavy atom. The molecule has 0 heterocycles. The van der Waals surface area contributed by atoms with Crippen LogP contribution in [0.1, 0.15) is 27.7 Å². The van der Waals surface area contributed by atoms with E-state index >= 15 is 0 Å². The molecule has 0 atom stereocenters. The molecule has 0 aromatic heterocycles. The van der Waals surface area contributed by atoms with Gasteiger partial charge in [-0.1, -0.05) is 0 Å². The minimum absolute atomic E-state index is 1.04. The van der Waals surface area contributed by atoms with E-state index < -0.39 is 6.92 Å². The van der Waals surface area contributed by atoms with Gasteiger partial charge in [0, 0.05) is 26.2 Å². The monoisotopic (exact) mass is 225 g/mol. The van der Waals surface area contributed by atoms with Crippen LogP contribution in [0.2, 0.25) is 0 Å². The second-order valence-corrected chi connectivity index (χ2v) is 7.76. The molecule has 0 radical (unpaired) electrons. The Balaban J connectivity index is 4.48. The fourth-order valence-electron chi connectivity index (χ4n) is 1.66. The van der Waals surface area contributed by atoms with Gasteiger partial charge in [0.25, 0.3) is 6.92 Å². The molecule has 0 saturated carbocycles. The fraction of sp³-hybridized carbons (Fsp3) is 1.00. The Labute approximate surface area is 88.5 Å². The van der Waals surface area contributed by atoms with Crippen LogP contribution in [-0.2, 0) is 0 Å². The second kappa shape index (κ2) is 6.19. The van der Waals surface area contributed by atoms with Crippen LogP contribution in [0.15, 0.2) is 0 Å². The highest BCUT2D eigenvalue weighted by Gasteiger charge is 2.42. The smallest absolute Gasteiger partial charge is 0.149 e. The number of halogens is 1. The van der Waals surface area contributed by atoms with Crippen molar-refractivity contribution in [1.82, 2.24) is 9.34 Å². The summed E-state index contributed by atoms with van der Waals surface area (Å²) in [5.41, 5.74) is 0. The summed E-state index contributed by atoms with van der Waals surface area (Å²) in [7, 11) is 0. The van der Waals surface area contributed by atoms with Crippen molar-refractivity contribution < 1.29 is 0 Å². The SMILES string of the molecule is CCN(CC)[P+](C)(Cl)N(CC)CC. The summed E-state index contributed by atoms with van der Waals surface area (Å²) in [4.78, 5) is 0. The molecule has 0 N–H and O–H groups in total. The summed E-state index contributed by atoms with van der Waals surface area (Å²) in [5, 5.41) is 0. The third-order valence-electron chi connectivity index (χ3n) is 2.49.